The summed E-state index contributed by atoms with van der Waals surface area (Å²) in [5.74, 6) is 0.477. The summed E-state index contributed by atoms with van der Waals surface area (Å²) in [5, 5.41) is 0. The van der Waals surface area contributed by atoms with Crippen LogP contribution in [0.15, 0.2) is 89.7 Å². The Morgan fingerprint density at radius 3 is 2.79 bits per heavy atom. The molecule has 3 nitrogen and oxygen atoms in total. The molecule has 0 amide bonds. The Morgan fingerprint density at radius 1 is 1.14 bits per heavy atom. The molecule has 0 spiro atoms. The van der Waals surface area contributed by atoms with Gasteiger partial charge in [0, 0.05) is 18.6 Å². The third-order valence-electron chi connectivity index (χ3n) is 4.86. The summed E-state index contributed by atoms with van der Waals surface area (Å²) in [6.45, 7) is 3.04. The Balaban J connectivity index is 1.69. The van der Waals surface area contributed by atoms with E-state index >= 15 is 0 Å². The van der Waals surface area contributed by atoms with Gasteiger partial charge in [-0.1, -0.05) is 48.5 Å². The SMILES string of the molecule is CCOCC1C=C2CC(C(=Cc3cccc(F)c3)c3ccccc3)=CC=C2OO1. The number of fused-ring (bicyclic) bond motifs is 1. The van der Waals surface area contributed by atoms with Crippen molar-refractivity contribution in [3.8, 4) is 0 Å². The van der Waals surface area contributed by atoms with E-state index in [1.54, 1.807) is 12.1 Å². The van der Waals surface area contributed by atoms with Crippen LogP contribution in [0.5, 0.6) is 0 Å². The smallest absolute Gasteiger partial charge is 0.168 e. The van der Waals surface area contributed by atoms with E-state index in [0.29, 0.717) is 19.6 Å². The standard InChI is InChI=1S/C25H23FO3/c1-2-27-17-23-16-21-15-20(11-12-25(21)29-28-23)24(19-8-4-3-5-9-19)14-18-7-6-10-22(26)13-18/h3-14,16,23H,2,15,17H2,1H3. The van der Waals surface area contributed by atoms with Crippen molar-refractivity contribution in [2.24, 2.45) is 0 Å². The van der Waals surface area contributed by atoms with Crippen LogP contribution < -0.4 is 0 Å². The molecule has 4 rings (SSSR count). The molecule has 1 aliphatic carbocycles. The summed E-state index contributed by atoms with van der Waals surface area (Å²) >= 11 is 0. The molecule has 29 heavy (non-hydrogen) atoms. The molecule has 0 bridgehead atoms. The predicted molar refractivity (Wildman–Crippen MR) is 112 cm³/mol. The highest BCUT2D eigenvalue weighted by atomic mass is 19.1. The van der Waals surface area contributed by atoms with Crippen LogP contribution >= 0.6 is 0 Å². The topological polar surface area (TPSA) is 27.7 Å². The number of hydrogen-bond donors (Lipinski definition) is 0. The summed E-state index contributed by atoms with van der Waals surface area (Å²) in [4.78, 5) is 10.8. The fraction of sp³-hybridized carbons (Fsp3) is 0.200. The summed E-state index contributed by atoms with van der Waals surface area (Å²) in [7, 11) is 0. The summed E-state index contributed by atoms with van der Waals surface area (Å²) < 4.78 is 19.2. The molecule has 2 aliphatic rings. The van der Waals surface area contributed by atoms with E-state index in [-0.39, 0.29) is 11.9 Å². The minimum Gasteiger partial charge on any atom is -0.379 e. The Kier molecular flexibility index (Phi) is 6.03. The number of benzene rings is 2. The van der Waals surface area contributed by atoms with Crippen molar-refractivity contribution in [1.82, 2.24) is 0 Å². The fourth-order valence-corrected chi connectivity index (χ4v) is 3.46. The van der Waals surface area contributed by atoms with Crippen LogP contribution in [0.1, 0.15) is 24.5 Å². The van der Waals surface area contributed by atoms with Gasteiger partial charge < -0.3 is 9.62 Å². The molecule has 2 aromatic rings. The average Bonchev–Trinajstić information content (AvgIpc) is 2.76. The normalized spacial score (nSPS) is 18.9. The molecule has 1 heterocycles. The largest absolute Gasteiger partial charge is 0.379 e. The zero-order chi connectivity index (χ0) is 20.1. The summed E-state index contributed by atoms with van der Waals surface area (Å²) in [5.41, 5.74) is 5.17. The number of ether oxygens (including phenoxy) is 1. The van der Waals surface area contributed by atoms with Gasteiger partial charge in [0.2, 0.25) is 0 Å². The van der Waals surface area contributed by atoms with Gasteiger partial charge in [-0.25, -0.2) is 4.39 Å². The van der Waals surface area contributed by atoms with Gasteiger partial charge in [0.25, 0.3) is 0 Å². The van der Waals surface area contributed by atoms with Crippen LogP contribution in [0.25, 0.3) is 11.6 Å². The van der Waals surface area contributed by atoms with Crippen LogP contribution in [-0.4, -0.2) is 19.3 Å². The van der Waals surface area contributed by atoms with E-state index in [9.17, 15) is 4.39 Å². The van der Waals surface area contributed by atoms with Crippen LogP contribution in [0.3, 0.4) is 0 Å². The van der Waals surface area contributed by atoms with Gasteiger partial charge >= 0.3 is 0 Å². The van der Waals surface area contributed by atoms with E-state index in [1.165, 1.54) is 6.07 Å². The van der Waals surface area contributed by atoms with E-state index in [0.717, 1.165) is 33.6 Å². The Morgan fingerprint density at radius 2 is 2.00 bits per heavy atom. The molecule has 0 fully saturated rings. The number of halogens is 1. The van der Waals surface area contributed by atoms with Crippen molar-refractivity contribution < 1.29 is 18.9 Å². The lowest BCUT2D eigenvalue weighted by Gasteiger charge is -2.26. The lowest BCUT2D eigenvalue weighted by Crippen LogP contribution is -2.23. The van der Waals surface area contributed by atoms with E-state index in [2.05, 4.69) is 18.2 Å². The van der Waals surface area contributed by atoms with Gasteiger partial charge in [0.1, 0.15) is 11.9 Å². The second-order valence-corrected chi connectivity index (χ2v) is 6.95. The lowest BCUT2D eigenvalue weighted by atomic mass is 9.87. The minimum atomic E-state index is -0.245. The molecule has 0 N–H and O–H groups in total. The molecule has 1 atom stereocenters. The molecule has 0 saturated carbocycles. The highest BCUT2D eigenvalue weighted by Gasteiger charge is 2.25. The number of allylic oxidation sites excluding steroid dienone is 5. The molecular formula is C25H23FO3. The van der Waals surface area contributed by atoms with Gasteiger partial charge in [-0.15, -0.1) is 0 Å². The van der Waals surface area contributed by atoms with Crippen LogP contribution in [-0.2, 0) is 14.5 Å². The molecular weight excluding hydrogens is 367 g/mol. The summed E-state index contributed by atoms with van der Waals surface area (Å²) in [6, 6.07) is 16.8. The third kappa shape index (κ3) is 4.73. The monoisotopic (exact) mass is 390 g/mol. The molecule has 1 aliphatic heterocycles. The van der Waals surface area contributed by atoms with Gasteiger partial charge in [-0.2, -0.15) is 4.89 Å². The first-order valence-corrected chi connectivity index (χ1v) is 9.79. The second-order valence-electron chi connectivity index (χ2n) is 6.95. The van der Waals surface area contributed by atoms with E-state index < -0.39 is 0 Å². The number of hydrogen-bond acceptors (Lipinski definition) is 3. The lowest BCUT2D eigenvalue weighted by molar-refractivity contribution is -0.294. The highest BCUT2D eigenvalue weighted by molar-refractivity contribution is 5.92. The maximum atomic E-state index is 13.7. The highest BCUT2D eigenvalue weighted by Crippen LogP contribution is 2.37. The van der Waals surface area contributed by atoms with E-state index in [4.69, 9.17) is 14.5 Å². The van der Waals surface area contributed by atoms with Gasteiger partial charge in [-0.05, 0) is 59.6 Å². The minimum absolute atomic E-state index is 0.228. The van der Waals surface area contributed by atoms with Crippen LogP contribution in [0.2, 0.25) is 0 Å². The molecule has 4 heteroatoms. The van der Waals surface area contributed by atoms with Crippen molar-refractivity contribution in [2.75, 3.05) is 13.2 Å². The fourth-order valence-electron chi connectivity index (χ4n) is 3.46. The molecule has 0 saturated heterocycles. The van der Waals surface area contributed by atoms with Crippen molar-refractivity contribution in [2.45, 2.75) is 19.4 Å². The van der Waals surface area contributed by atoms with E-state index in [1.807, 2.05) is 49.4 Å². The Labute approximate surface area is 170 Å². The first kappa shape index (κ1) is 19.4. The van der Waals surface area contributed by atoms with Crippen LogP contribution in [0.4, 0.5) is 4.39 Å². The van der Waals surface area contributed by atoms with Gasteiger partial charge in [0.15, 0.2) is 5.76 Å². The second kappa shape index (κ2) is 9.03. The first-order valence-electron chi connectivity index (χ1n) is 9.79. The molecule has 2 aromatic carbocycles. The molecule has 1 unspecified atom stereocenters. The Hall–Kier alpha value is -2.95. The zero-order valence-corrected chi connectivity index (χ0v) is 16.3. The van der Waals surface area contributed by atoms with Gasteiger partial charge in [0.05, 0.1) is 6.61 Å². The van der Waals surface area contributed by atoms with Gasteiger partial charge in [-0.3, -0.25) is 0 Å². The quantitative estimate of drug-likeness (QED) is 0.456. The predicted octanol–water partition coefficient (Wildman–Crippen LogP) is 5.87. The summed E-state index contributed by atoms with van der Waals surface area (Å²) in [6.07, 6.45) is 8.52. The van der Waals surface area contributed by atoms with Crippen molar-refractivity contribution in [3.63, 3.8) is 0 Å². The van der Waals surface area contributed by atoms with Crippen molar-refractivity contribution in [1.29, 1.82) is 0 Å². The van der Waals surface area contributed by atoms with Crippen molar-refractivity contribution >= 4 is 11.6 Å². The molecule has 0 radical (unpaired) electrons. The number of rotatable bonds is 6. The zero-order valence-electron chi connectivity index (χ0n) is 16.3. The maximum absolute atomic E-state index is 13.7. The molecule has 148 valence electrons. The third-order valence-corrected chi connectivity index (χ3v) is 4.86. The first-order chi connectivity index (χ1) is 14.2. The van der Waals surface area contributed by atoms with Crippen molar-refractivity contribution in [3.05, 3.63) is 107 Å². The maximum Gasteiger partial charge on any atom is 0.168 e. The average molecular weight is 390 g/mol. The molecule has 0 aromatic heterocycles. The van der Waals surface area contributed by atoms with Crippen LogP contribution in [0, 0.1) is 5.82 Å². The Bertz CT molecular complexity index is 986.